The molecule has 1 unspecified atom stereocenters. The summed E-state index contributed by atoms with van der Waals surface area (Å²) in [4.78, 5) is 27.1. The number of aryl methyl sites for hydroxylation is 1. The minimum atomic E-state index is -1.00. The van der Waals surface area contributed by atoms with Gasteiger partial charge in [-0.2, -0.15) is 4.98 Å². The number of carbonyl (C=O) groups is 2. The number of rotatable bonds is 8. The topological polar surface area (TPSA) is 105 Å². The van der Waals surface area contributed by atoms with Crippen LogP contribution in [0.2, 0.25) is 0 Å². The fourth-order valence-electron chi connectivity index (χ4n) is 2.75. The Morgan fingerprint density at radius 1 is 1.41 bits per heavy atom. The second-order valence-corrected chi connectivity index (χ2v) is 5.77. The van der Waals surface area contributed by atoms with Gasteiger partial charge < -0.3 is 14.9 Å². The molecular weight excluding hydrogens is 286 g/mol. The van der Waals surface area contributed by atoms with Gasteiger partial charge in [0.2, 0.25) is 11.8 Å². The summed E-state index contributed by atoms with van der Waals surface area (Å²) in [7, 11) is 0. The van der Waals surface area contributed by atoms with E-state index < -0.39 is 12.0 Å². The Hall–Kier alpha value is -1.92. The smallest absolute Gasteiger partial charge is 0.326 e. The minimum Gasteiger partial charge on any atom is -0.480 e. The van der Waals surface area contributed by atoms with Crippen molar-refractivity contribution < 1.29 is 19.2 Å². The van der Waals surface area contributed by atoms with E-state index in [1.807, 2.05) is 6.92 Å². The maximum Gasteiger partial charge on any atom is 0.326 e. The summed E-state index contributed by atoms with van der Waals surface area (Å²) in [5.74, 6) is 0.256. The van der Waals surface area contributed by atoms with Gasteiger partial charge in [-0.3, -0.25) is 4.79 Å². The van der Waals surface area contributed by atoms with Crippen LogP contribution in [0.15, 0.2) is 4.52 Å². The van der Waals surface area contributed by atoms with Crippen LogP contribution >= 0.6 is 0 Å². The van der Waals surface area contributed by atoms with Gasteiger partial charge in [-0.15, -0.1) is 0 Å². The molecular formula is C15H23N3O4. The lowest BCUT2D eigenvalue weighted by Gasteiger charge is -2.12. The SMILES string of the molecule is CCCC(NC(=O)CCc1nc(C2CCCC2)no1)C(=O)O. The molecule has 1 aliphatic rings. The number of amides is 1. The molecule has 1 heterocycles. The molecule has 1 aliphatic carbocycles. The average Bonchev–Trinajstić information content (AvgIpc) is 3.15. The Labute approximate surface area is 129 Å². The lowest BCUT2D eigenvalue weighted by atomic mass is 10.1. The van der Waals surface area contributed by atoms with Crippen LogP contribution in [-0.4, -0.2) is 33.2 Å². The zero-order valence-corrected chi connectivity index (χ0v) is 12.9. The lowest BCUT2D eigenvalue weighted by molar-refractivity contribution is -0.142. The molecule has 2 N–H and O–H groups in total. The van der Waals surface area contributed by atoms with E-state index in [0.717, 1.165) is 18.7 Å². The van der Waals surface area contributed by atoms with Crippen molar-refractivity contribution >= 4 is 11.9 Å². The molecule has 2 rings (SSSR count). The number of aliphatic carboxylic acids is 1. The van der Waals surface area contributed by atoms with Crippen LogP contribution in [-0.2, 0) is 16.0 Å². The highest BCUT2D eigenvalue weighted by molar-refractivity contribution is 5.83. The van der Waals surface area contributed by atoms with E-state index in [9.17, 15) is 9.59 Å². The molecule has 7 nitrogen and oxygen atoms in total. The molecule has 1 aromatic rings. The summed E-state index contributed by atoms with van der Waals surface area (Å²) >= 11 is 0. The average molecular weight is 309 g/mol. The number of carbonyl (C=O) groups excluding carboxylic acids is 1. The molecule has 7 heteroatoms. The van der Waals surface area contributed by atoms with Gasteiger partial charge in [0.15, 0.2) is 5.82 Å². The quantitative estimate of drug-likeness (QED) is 0.761. The van der Waals surface area contributed by atoms with Gasteiger partial charge in [0.25, 0.3) is 0 Å². The van der Waals surface area contributed by atoms with Crippen molar-refractivity contribution in [1.82, 2.24) is 15.5 Å². The second kappa shape index (κ2) is 7.91. The summed E-state index contributed by atoms with van der Waals surface area (Å²) in [5.41, 5.74) is 0. The van der Waals surface area contributed by atoms with Crippen LogP contribution in [0.25, 0.3) is 0 Å². The highest BCUT2D eigenvalue weighted by Crippen LogP contribution is 2.32. The summed E-state index contributed by atoms with van der Waals surface area (Å²) in [6, 6.07) is -0.825. The highest BCUT2D eigenvalue weighted by atomic mass is 16.5. The van der Waals surface area contributed by atoms with Crippen LogP contribution in [0.5, 0.6) is 0 Å². The van der Waals surface area contributed by atoms with E-state index in [1.165, 1.54) is 12.8 Å². The predicted molar refractivity (Wildman–Crippen MR) is 78.3 cm³/mol. The van der Waals surface area contributed by atoms with Crippen molar-refractivity contribution in [3.8, 4) is 0 Å². The maximum atomic E-state index is 11.8. The summed E-state index contributed by atoms with van der Waals surface area (Å²) < 4.78 is 5.17. The number of carboxylic acid groups (broad SMARTS) is 1. The largest absolute Gasteiger partial charge is 0.480 e. The van der Waals surface area contributed by atoms with Crippen LogP contribution in [0.1, 0.15) is 69.5 Å². The first kappa shape index (κ1) is 16.5. The number of hydrogen-bond acceptors (Lipinski definition) is 5. The minimum absolute atomic E-state index is 0.153. The Balaban J connectivity index is 1.79. The molecule has 0 bridgehead atoms. The normalized spacial score (nSPS) is 16.6. The fraction of sp³-hybridized carbons (Fsp3) is 0.733. The Morgan fingerprint density at radius 3 is 2.77 bits per heavy atom. The lowest BCUT2D eigenvalue weighted by Crippen LogP contribution is -2.40. The van der Waals surface area contributed by atoms with Crippen molar-refractivity contribution in [1.29, 1.82) is 0 Å². The molecule has 22 heavy (non-hydrogen) atoms. The predicted octanol–water partition coefficient (Wildman–Crippen LogP) is 2.03. The summed E-state index contributed by atoms with van der Waals surface area (Å²) in [5, 5.41) is 15.5. The van der Waals surface area contributed by atoms with Crippen molar-refractivity contribution in [2.75, 3.05) is 0 Å². The first-order chi connectivity index (χ1) is 10.6. The van der Waals surface area contributed by atoms with Crippen LogP contribution in [0, 0.1) is 0 Å². The van der Waals surface area contributed by atoms with Crippen LogP contribution < -0.4 is 5.32 Å². The molecule has 1 saturated carbocycles. The fourth-order valence-corrected chi connectivity index (χ4v) is 2.75. The third kappa shape index (κ3) is 4.54. The van der Waals surface area contributed by atoms with Crippen molar-refractivity contribution in [2.24, 2.45) is 0 Å². The van der Waals surface area contributed by atoms with Gasteiger partial charge >= 0.3 is 5.97 Å². The van der Waals surface area contributed by atoms with E-state index in [1.54, 1.807) is 0 Å². The van der Waals surface area contributed by atoms with Gasteiger partial charge in [0.05, 0.1) is 0 Å². The zero-order chi connectivity index (χ0) is 15.9. The first-order valence-corrected chi connectivity index (χ1v) is 7.94. The van der Waals surface area contributed by atoms with E-state index in [4.69, 9.17) is 9.63 Å². The monoisotopic (exact) mass is 309 g/mol. The van der Waals surface area contributed by atoms with E-state index >= 15 is 0 Å². The van der Waals surface area contributed by atoms with Gasteiger partial charge in [-0.1, -0.05) is 31.3 Å². The second-order valence-electron chi connectivity index (χ2n) is 5.77. The van der Waals surface area contributed by atoms with E-state index in [2.05, 4.69) is 15.5 Å². The van der Waals surface area contributed by atoms with E-state index in [0.29, 0.717) is 31.1 Å². The highest BCUT2D eigenvalue weighted by Gasteiger charge is 2.23. The third-order valence-electron chi connectivity index (χ3n) is 3.98. The molecule has 1 amide bonds. The zero-order valence-electron chi connectivity index (χ0n) is 12.9. The van der Waals surface area contributed by atoms with Crippen LogP contribution in [0.3, 0.4) is 0 Å². The first-order valence-electron chi connectivity index (χ1n) is 7.94. The Kier molecular flexibility index (Phi) is 5.91. The molecule has 1 atom stereocenters. The number of hydrogen-bond donors (Lipinski definition) is 2. The van der Waals surface area contributed by atoms with Crippen LogP contribution in [0.4, 0.5) is 0 Å². The Bertz CT molecular complexity index is 509. The molecule has 0 aliphatic heterocycles. The number of nitrogens with zero attached hydrogens (tertiary/aromatic N) is 2. The third-order valence-corrected chi connectivity index (χ3v) is 3.98. The van der Waals surface area contributed by atoms with Gasteiger partial charge in [-0.05, 0) is 19.3 Å². The van der Waals surface area contributed by atoms with Gasteiger partial charge in [0.1, 0.15) is 6.04 Å². The molecule has 0 spiro atoms. The molecule has 0 saturated heterocycles. The molecule has 1 fully saturated rings. The van der Waals surface area contributed by atoms with Gasteiger partial charge in [0, 0.05) is 18.8 Å². The maximum absolute atomic E-state index is 11.8. The number of aromatic nitrogens is 2. The summed E-state index contributed by atoms with van der Waals surface area (Å²) in [6.07, 6.45) is 6.20. The Morgan fingerprint density at radius 2 is 2.14 bits per heavy atom. The molecule has 0 radical (unpaired) electrons. The summed E-state index contributed by atoms with van der Waals surface area (Å²) in [6.45, 7) is 1.88. The molecule has 0 aromatic carbocycles. The van der Waals surface area contributed by atoms with E-state index in [-0.39, 0.29) is 12.3 Å². The standard InChI is InChI=1S/C15H23N3O4/c1-2-5-11(15(20)21)16-12(19)8-9-13-17-14(18-22-13)10-6-3-4-7-10/h10-11H,2-9H2,1H3,(H,16,19)(H,20,21). The van der Waals surface area contributed by atoms with Crippen molar-refractivity contribution in [3.63, 3.8) is 0 Å². The molecule has 1 aromatic heterocycles. The number of nitrogens with one attached hydrogen (secondary N) is 1. The van der Waals surface area contributed by atoms with Gasteiger partial charge in [-0.25, -0.2) is 4.79 Å². The van der Waals surface area contributed by atoms with Crippen molar-refractivity contribution in [2.45, 2.75) is 70.3 Å². The van der Waals surface area contributed by atoms with Crippen molar-refractivity contribution in [3.05, 3.63) is 11.7 Å². The molecule has 122 valence electrons. The number of carboxylic acids is 1.